The molecule has 0 heterocycles. The number of amides is 1. The third-order valence-electron chi connectivity index (χ3n) is 2.72. The molecule has 0 saturated heterocycles. The Morgan fingerprint density at radius 3 is 2.35 bits per heavy atom. The summed E-state index contributed by atoms with van der Waals surface area (Å²) < 4.78 is 1.72. The number of rotatable bonds is 4. The molecular weight excluding hydrogens is 405 g/mol. The molecule has 2 rings (SSSR count). The van der Waals surface area contributed by atoms with Crippen LogP contribution in [0.5, 0.6) is 0 Å². The van der Waals surface area contributed by atoms with Crippen LogP contribution in [-0.4, -0.2) is 5.91 Å². The molecule has 2 aromatic carbocycles. The fourth-order valence-electron chi connectivity index (χ4n) is 1.79. The van der Waals surface area contributed by atoms with Gasteiger partial charge in [-0.15, -0.1) is 11.6 Å². The summed E-state index contributed by atoms with van der Waals surface area (Å²) in [5, 5.41) is 2.90. The van der Waals surface area contributed by atoms with E-state index >= 15 is 0 Å². The van der Waals surface area contributed by atoms with Gasteiger partial charge in [0.25, 0.3) is 5.91 Å². The lowest BCUT2D eigenvalue weighted by Crippen LogP contribution is -2.22. The van der Waals surface area contributed by atoms with Gasteiger partial charge >= 0.3 is 0 Å². The number of halogens is 3. The number of nitrogens with one attached hydrogen (secondary N) is 1. The maximum atomic E-state index is 12.1. The molecule has 0 atom stereocenters. The van der Waals surface area contributed by atoms with Crippen LogP contribution < -0.4 is 5.32 Å². The number of hydrogen-bond acceptors (Lipinski definition) is 1. The molecule has 0 fully saturated rings. The van der Waals surface area contributed by atoms with Crippen LogP contribution in [0.25, 0.3) is 0 Å². The van der Waals surface area contributed by atoms with Crippen LogP contribution in [-0.2, 0) is 12.4 Å². The molecule has 0 aliphatic rings. The van der Waals surface area contributed by atoms with Gasteiger partial charge in [0.05, 0.1) is 0 Å². The fraction of sp³-hybridized carbons (Fsp3) is 0.133. The number of carbonyl (C=O) groups excluding carboxylic acids is 1. The highest BCUT2D eigenvalue weighted by molar-refractivity contribution is 9.11. The fourth-order valence-corrected chi connectivity index (χ4v) is 3.25. The van der Waals surface area contributed by atoms with Crippen LogP contribution in [0.1, 0.15) is 21.5 Å². The van der Waals surface area contributed by atoms with E-state index in [2.05, 4.69) is 37.2 Å². The minimum Gasteiger partial charge on any atom is -0.348 e. The van der Waals surface area contributed by atoms with Crippen molar-refractivity contribution in [2.75, 3.05) is 0 Å². The van der Waals surface area contributed by atoms with Crippen molar-refractivity contribution in [1.29, 1.82) is 0 Å². The molecule has 20 heavy (non-hydrogen) atoms. The van der Waals surface area contributed by atoms with E-state index in [1.54, 1.807) is 12.1 Å². The van der Waals surface area contributed by atoms with E-state index in [9.17, 15) is 4.79 Å². The summed E-state index contributed by atoms with van der Waals surface area (Å²) in [5.74, 6) is 0.365. The Morgan fingerprint density at radius 1 is 1.05 bits per heavy atom. The molecular formula is C15H12Br2ClNO. The second-order valence-electron chi connectivity index (χ2n) is 4.29. The van der Waals surface area contributed by atoms with E-state index in [1.807, 2.05) is 30.3 Å². The minimum atomic E-state index is -0.108. The summed E-state index contributed by atoms with van der Waals surface area (Å²) in [6, 6.07) is 13.3. The van der Waals surface area contributed by atoms with Crippen molar-refractivity contribution in [2.45, 2.75) is 12.4 Å². The molecule has 0 spiro atoms. The highest BCUT2D eigenvalue weighted by atomic mass is 79.9. The third-order valence-corrected chi connectivity index (χ3v) is 3.95. The zero-order chi connectivity index (χ0) is 14.5. The van der Waals surface area contributed by atoms with E-state index < -0.39 is 0 Å². The Balaban J connectivity index is 2.04. The molecule has 0 radical (unpaired) electrons. The third kappa shape index (κ3) is 4.33. The molecule has 104 valence electrons. The standard InChI is InChI=1S/C15H12Br2ClNO/c16-13-5-12(6-14(17)7-13)15(20)19-9-11-3-1-2-10(4-11)8-18/h1-7H,8-9H2,(H,19,20). The van der Waals surface area contributed by atoms with E-state index in [4.69, 9.17) is 11.6 Å². The minimum absolute atomic E-state index is 0.108. The molecule has 1 N–H and O–H groups in total. The summed E-state index contributed by atoms with van der Waals surface area (Å²) in [6.45, 7) is 0.480. The molecule has 0 saturated carbocycles. The van der Waals surface area contributed by atoms with Crippen LogP contribution in [0, 0.1) is 0 Å². The van der Waals surface area contributed by atoms with E-state index in [-0.39, 0.29) is 5.91 Å². The number of hydrogen-bond donors (Lipinski definition) is 1. The smallest absolute Gasteiger partial charge is 0.251 e. The molecule has 1 amide bonds. The van der Waals surface area contributed by atoms with Gasteiger partial charge in [0.1, 0.15) is 0 Å². The Bertz CT molecular complexity index is 611. The van der Waals surface area contributed by atoms with Crippen molar-refractivity contribution < 1.29 is 4.79 Å². The average molecular weight is 418 g/mol. The van der Waals surface area contributed by atoms with Gasteiger partial charge in [0.2, 0.25) is 0 Å². The summed E-state index contributed by atoms with van der Waals surface area (Å²) >= 11 is 12.5. The Morgan fingerprint density at radius 2 is 1.70 bits per heavy atom. The zero-order valence-corrected chi connectivity index (χ0v) is 14.4. The van der Waals surface area contributed by atoms with Gasteiger partial charge in [-0.25, -0.2) is 0 Å². The predicted molar refractivity (Wildman–Crippen MR) is 89.0 cm³/mol. The molecule has 5 heteroatoms. The lowest BCUT2D eigenvalue weighted by Gasteiger charge is -2.07. The molecule has 0 aliphatic heterocycles. The van der Waals surface area contributed by atoms with Crippen molar-refractivity contribution in [3.63, 3.8) is 0 Å². The monoisotopic (exact) mass is 415 g/mol. The lowest BCUT2D eigenvalue weighted by molar-refractivity contribution is 0.0951. The van der Waals surface area contributed by atoms with Gasteiger partial charge in [-0.05, 0) is 29.3 Å². The van der Waals surface area contributed by atoms with Gasteiger partial charge < -0.3 is 5.32 Å². The van der Waals surface area contributed by atoms with Crippen molar-refractivity contribution in [3.8, 4) is 0 Å². The van der Waals surface area contributed by atoms with Gasteiger partial charge in [0.15, 0.2) is 0 Å². The first-order valence-corrected chi connectivity index (χ1v) is 8.08. The summed E-state index contributed by atoms with van der Waals surface area (Å²) in [7, 11) is 0. The Kier molecular flexibility index (Phi) is 5.64. The molecule has 2 aromatic rings. The lowest BCUT2D eigenvalue weighted by atomic mass is 10.1. The quantitative estimate of drug-likeness (QED) is 0.706. The van der Waals surface area contributed by atoms with Crippen molar-refractivity contribution in [3.05, 3.63) is 68.1 Å². The maximum Gasteiger partial charge on any atom is 0.251 e. The van der Waals surface area contributed by atoms with E-state index in [1.165, 1.54) is 0 Å². The first kappa shape index (κ1) is 15.5. The largest absolute Gasteiger partial charge is 0.348 e. The first-order chi connectivity index (χ1) is 9.58. The second-order valence-corrected chi connectivity index (χ2v) is 6.39. The number of benzene rings is 2. The predicted octanol–water partition coefficient (Wildman–Crippen LogP) is 4.88. The molecule has 0 aromatic heterocycles. The molecule has 0 bridgehead atoms. The summed E-state index contributed by atoms with van der Waals surface area (Å²) in [5.41, 5.74) is 2.69. The van der Waals surface area contributed by atoms with Crippen LogP contribution in [0.4, 0.5) is 0 Å². The molecule has 0 unspecified atom stereocenters. The molecule has 0 aliphatic carbocycles. The summed E-state index contributed by atoms with van der Waals surface area (Å²) in [4.78, 5) is 12.1. The van der Waals surface area contributed by atoms with Gasteiger partial charge in [-0.2, -0.15) is 0 Å². The van der Waals surface area contributed by atoms with Crippen LogP contribution in [0.2, 0.25) is 0 Å². The number of alkyl halides is 1. The van der Waals surface area contributed by atoms with Gasteiger partial charge in [-0.3, -0.25) is 4.79 Å². The van der Waals surface area contributed by atoms with Crippen LogP contribution in [0.15, 0.2) is 51.4 Å². The number of carbonyl (C=O) groups is 1. The van der Waals surface area contributed by atoms with Gasteiger partial charge in [-0.1, -0.05) is 56.1 Å². The highest BCUT2D eigenvalue weighted by Crippen LogP contribution is 2.20. The molecule has 2 nitrogen and oxygen atoms in total. The second kappa shape index (κ2) is 7.25. The van der Waals surface area contributed by atoms with Crippen LogP contribution in [0.3, 0.4) is 0 Å². The van der Waals surface area contributed by atoms with Crippen molar-refractivity contribution in [2.24, 2.45) is 0 Å². The topological polar surface area (TPSA) is 29.1 Å². The average Bonchev–Trinajstić information content (AvgIpc) is 2.44. The zero-order valence-electron chi connectivity index (χ0n) is 10.5. The summed E-state index contributed by atoms with van der Waals surface area (Å²) in [6.07, 6.45) is 0. The SMILES string of the molecule is O=C(NCc1cccc(CCl)c1)c1cc(Br)cc(Br)c1. The van der Waals surface area contributed by atoms with Gasteiger partial charge in [0, 0.05) is 26.9 Å². The van der Waals surface area contributed by atoms with Crippen molar-refractivity contribution in [1.82, 2.24) is 5.32 Å². The van der Waals surface area contributed by atoms with E-state index in [0.717, 1.165) is 20.1 Å². The maximum absolute atomic E-state index is 12.1. The van der Waals surface area contributed by atoms with Crippen molar-refractivity contribution >= 4 is 49.4 Å². The van der Waals surface area contributed by atoms with E-state index in [0.29, 0.717) is 18.0 Å². The Labute approximate surface area is 139 Å². The highest BCUT2D eigenvalue weighted by Gasteiger charge is 2.07. The normalized spacial score (nSPS) is 10.3. The first-order valence-electron chi connectivity index (χ1n) is 5.96. The van der Waals surface area contributed by atoms with Crippen LogP contribution >= 0.6 is 43.5 Å². The Hall–Kier alpha value is -0.840.